The molecule has 3 rings (SSSR count). The summed E-state index contributed by atoms with van der Waals surface area (Å²) in [6, 6.07) is 7.64. The molecule has 0 aliphatic carbocycles. The molecule has 2 heterocycles. The number of nitrogens with zero attached hydrogens (tertiary/aromatic N) is 3. The van der Waals surface area contributed by atoms with Gasteiger partial charge in [-0.1, -0.05) is 30.4 Å². The molecule has 23 heavy (non-hydrogen) atoms. The summed E-state index contributed by atoms with van der Waals surface area (Å²) >= 11 is 1.57. The van der Waals surface area contributed by atoms with E-state index in [9.17, 15) is 8.42 Å². The van der Waals surface area contributed by atoms with Crippen molar-refractivity contribution in [2.24, 2.45) is 0 Å². The maximum absolute atomic E-state index is 12.0. The first-order chi connectivity index (χ1) is 11.1. The maximum atomic E-state index is 12.0. The van der Waals surface area contributed by atoms with Gasteiger partial charge < -0.3 is 5.32 Å². The van der Waals surface area contributed by atoms with Crippen LogP contribution < -0.4 is 9.62 Å². The fourth-order valence-electron chi connectivity index (χ4n) is 2.57. The highest BCUT2D eigenvalue weighted by Crippen LogP contribution is 2.25. The average Bonchev–Trinajstić information content (AvgIpc) is 3.12. The number of aromatic nitrogens is 2. The van der Waals surface area contributed by atoms with Gasteiger partial charge in [-0.15, -0.1) is 10.2 Å². The van der Waals surface area contributed by atoms with Crippen molar-refractivity contribution in [3.8, 4) is 0 Å². The molecule has 0 amide bonds. The van der Waals surface area contributed by atoms with Gasteiger partial charge in [0.15, 0.2) is 0 Å². The lowest BCUT2D eigenvalue weighted by Crippen LogP contribution is -2.25. The van der Waals surface area contributed by atoms with Gasteiger partial charge in [-0.25, -0.2) is 8.42 Å². The summed E-state index contributed by atoms with van der Waals surface area (Å²) in [7, 11) is -3.13. The topological polar surface area (TPSA) is 75.2 Å². The Hall–Kier alpha value is -1.67. The van der Waals surface area contributed by atoms with E-state index in [0.29, 0.717) is 19.5 Å². The number of sulfonamides is 1. The first-order valence-corrected chi connectivity index (χ1v) is 10.2. The van der Waals surface area contributed by atoms with Crippen molar-refractivity contribution in [1.29, 1.82) is 0 Å². The van der Waals surface area contributed by atoms with Crippen molar-refractivity contribution in [2.45, 2.75) is 32.7 Å². The molecule has 0 bridgehead atoms. The third kappa shape index (κ3) is 3.81. The third-order valence-electron chi connectivity index (χ3n) is 3.67. The second-order valence-corrected chi connectivity index (χ2v) is 8.59. The Morgan fingerprint density at radius 2 is 2.22 bits per heavy atom. The maximum Gasteiger partial charge on any atom is 0.235 e. The quantitative estimate of drug-likeness (QED) is 0.865. The minimum Gasteiger partial charge on any atom is -0.356 e. The van der Waals surface area contributed by atoms with Gasteiger partial charge >= 0.3 is 0 Å². The highest BCUT2D eigenvalue weighted by atomic mass is 32.2. The average molecular weight is 352 g/mol. The Balaban J connectivity index is 1.68. The molecule has 2 aromatic rings. The van der Waals surface area contributed by atoms with Crippen LogP contribution in [0.4, 0.5) is 10.8 Å². The smallest absolute Gasteiger partial charge is 0.235 e. The molecular formula is C15H20N4O2S2. The summed E-state index contributed by atoms with van der Waals surface area (Å²) in [6.07, 6.45) is 2.69. The summed E-state index contributed by atoms with van der Waals surface area (Å²) in [5, 5.41) is 13.3. The van der Waals surface area contributed by atoms with Gasteiger partial charge in [-0.3, -0.25) is 4.31 Å². The van der Waals surface area contributed by atoms with Crippen molar-refractivity contribution in [3.05, 3.63) is 34.8 Å². The van der Waals surface area contributed by atoms with Crippen LogP contribution in [0, 0.1) is 0 Å². The Morgan fingerprint density at radius 3 is 2.96 bits per heavy atom. The monoisotopic (exact) mass is 352 g/mol. The zero-order valence-corrected chi connectivity index (χ0v) is 14.7. The standard InChI is InChI=1S/C15H20N4O2S2/c1-2-5-14-17-18-15(22-14)16-11-12-6-3-7-13(10-12)19-8-4-9-23(19,20)21/h3,6-7,10H,2,4-5,8-9,11H2,1H3,(H,16,18). The Bertz CT molecular complexity index is 773. The van der Waals surface area contributed by atoms with E-state index in [1.807, 2.05) is 24.3 Å². The first-order valence-electron chi connectivity index (χ1n) is 7.74. The van der Waals surface area contributed by atoms with Gasteiger partial charge in [0.1, 0.15) is 5.01 Å². The lowest BCUT2D eigenvalue weighted by atomic mass is 10.2. The minimum atomic E-state index is -3.13. The lowest BCUT2D eigenvalue weighted by Gasteiger charge is -2.17. The van der Waals surface area contributed by atoms with Crippen LogP contribution in [-0.2, 0) is 23.0 Å². The minimum absolute atomic E-state index is 0.237. The first kappa shape index (κ1) is 16.2. The second-order valence-electron chi connectivity index (χ2n) is 5.52. The number of benzene rings is 1. The van der Waals surface area contributed by atoms with Crippen LogP contribution in [0.5, 0.6) is 0 Å². The van der Waals surface area contributed by atoms with Crippen LogP contribution in [0.15, 0.2) is 24.3 Å². The van der Waals surface area contributed by atoms with Crippen LogP contribution in [0.25, 0.3) is 0 Å². The van der Waals surface area contributed by atoms with E-state index in [1.54, 1.807) is 11.3 Å². The molecule has 8 heteroatoms. The van der Waals surface area contributed by atoms with Gasteiger partial charge in [-0.05, 0) is 30.5 Å². The van der Waals surface area contributed by atoms with Gasteiger partial charge in [0.2, 0.25) is 15.2 Å². The molecule has 0 unspecified atom stereocenters. The Morgan fingerprint density at radius 1 is 1.35 bits per heavy atom. The van der Waals surface area contributed by atoms with Crippen LogP contribution in [-0.4, -0.2) is 30.9 Å². The largest absolute Gasteiger partial charge is 0.356 e. The number of anilines is 2. The van der Waals surface area contributed by atoms with Crippen molar-refractivity contribution in [3.63, 3.8) is 0 Å². The Kier molecular flexibility index (Phi) is 4.82. The van der Waals surface area contributed by atoms with Gasteiger partial charge in [0.05, 0.1) is 11.4 Å². The number of hydrogen-bond donors (Lipinski definition) is 1. The number of rotatable bonds is 6. The van der Waals surface area contributed by atoms with Crippen LogP contribution in [0.1, 0.15) is 30.3 Å². The van der Waals surface area contributed by atoms with Crippen molar-refractivity contribution >= 4 is 32.2 Å². The van der Waals surface area contributed by atoms with E-state index in [0.717, 1.165) is 34.2 Å². The predicted molar refractivity (Wildman–Crippen MR) is 93.4 cm³/mol. The van der Waals surface area contributed by atoms with Crippen LogP contribution in [0.3, 0.4) is 0 Å². The zero-order valence-electron chi connectivity index (χ0n) is 13.0. The van der Waals surface area contributed by atoms with Crippen molar-refractivity contribution < 1.29 is 8.42 Å². The molecule has 0 spiro atoms. The molecule has 1 aliphatic rings. The third-order valence-corrected chi connectivity index (χ3v) is 6.48. The highest BCUT2D eigenvalue weighted by molar-refractivity contribution is 7.93. The number of aryl methyl sites for hydroxylation is 1. The summed E-state index contributed by atoms with van der Waals surface area (Å²) in [6.45, 7) is 3.28. The molecule has 1 aromatic carbocycles. The lowest BCUT2D eigenvalue weighted by molar-refractivity contribution is 0.599. The van der Waals surface area contributed by atoms with E-state index in [4.69, 9.17) is 0 Å². The SMILES string of the molecule is CCCc1nnc(NCc2cccc(N3CCCS3(=O)=O)c2)s1. The van der Waals surface area contributed by atoms with Crippen LogP contribution >= 0.6 is 11.3 Å². The molecule has 0 radical (unpaired) electrons. The molecule has 1 fully saturated rings. The molecule has 1 aromatic heterocycles. The molecule has 1 saturated heterocycles. The Labute approximate surface area is 140 Å². The fourth-order valence-corrected chi connectivity index (χ4v) is 4.96. The van der Waals surface area contributed by atoms with E-state index >= 15 is 0 Å². The summed E-state index contributed by atoms with van der Waals surface area (Å²) in [4.78, 5) is 0. The van der Waals surface area contributed by atoms with Crippen molar-refractivity contribution in [1.82, 2.24) is 10.2 Å². The molecule has 1 aliphatic heterocycles. The summed E-state index contributed by atoms with van der Waals surface area (Å²) < 4.78 is 25.5. The predicted octanol–water partition coefficient (Wildman–Crippen LogP) is 2.64. The van der Waals surface area contributed by atoms with Crippen LogP contribution in [0.2, 0.25) is 0 Å². The molecule has 6 nitrogen and oxygen atoms in total. The van der Waals surface area contributed by atoms with E-state index in [2.05, 4.69) is 22.4 Å². The molecule has 0 saturated carbocycles. The van der Waals surface area contributed by atoms with E-state index < -0.39 is 10.0 Å². The van der Waals surface area contributed by atoms with Gasteiger partial charge in [0.25, 0.3) is 0 Å². The molecular weight excluding hydrogens is 332 g/mol. The number of nitrogens with one attached hydrogen (secondary N) is 1. The molecule has 0 atom stereocenters. The van der Waals surface area contributed by atoms with E-state index in [1.165, 1.54) is 4.31 Å². The van der Waals surface area contributed by atoms with Gasteiger partial charge in [0, 0.05) is 19.5 Å². The normalized spacial score (nSPS) is 16.7. The summed E-state index contributed by atoms with van der Waals surface area (Å²) in [5.74, 6) is 0.237. The number of hydrogen-bond acceptors (Lipinski definition) is 6. The zero-order chi connectivity index (χ0) is 16.3. The molecule has 1 N–H and O–H groups in total. The second kappa shape index (κ2) is 6.84. The highest BCUT2D eigenvalue weighted by Gasteiger charge is 2.28. The van der Waals surface area contributed by atoms with Crippen molar-refractivity contribution in [2.75, 3.05) is 21.9 Å². The summed E-state index contributed by atoms with van der Waals surface area (Å²) in [5.41, 5.74) is 1.77. The van der Waals surface area contributed by atoms with Gasteiger partial charge in [-0.2, -0.15) is 0 Å². The fraction of sp³-hybridized carbons (Fsp3) is 0.467. The molecule has 124 valence electrons. The van der Waals surface area contributed by atoms with E-state index in [-0.39, 0.29) is 5.75 Å².